The second-order valence-electron chi connectivity index (χ2n) is 3.82. The van der Waals surface area contributed by atoms with Crippen LogP contribution in [0, 0.1) is 0 Å². The highest BCUT2D eigenvalue weighted by molar-refractivity contribution is 5.90. The predicted molar refractivity (Wildman–Crippen MR) is 66.0 cm³/mol. The summed E-state index contributed by atoms with van der Waals surface area (Å²) in [6.45, 7) is 2.65. The van der Waals surface area contributed by atoms with Crippen molar-refractivity contribution < 1.29 is 4.79 Å². The lowest BCUT2D eigenvalue weighted by molar-refractivity contribution is -0.126. The number of benzene rings is 1. The normalized spacial score (nSPS) is 13.5. The molecule has 0 radical (unpaired) electrons. The summed E-state index contributed by atoms with van der Waals surface area (Å²) in [5.74, 6) is 0.142. The summed E-state index contributed by atoms with van der Waals surface area (Å²) in [7, 11) is 1.83. The molecule has 1 aliphatic rings. The van der Waals surface area contributed by atoms with Gasteiger partial charge in [-0.2, -0.15) is 0 Å². The lowest BCUT2D eigenvalue weighted by atomic mass is 10.0. The molecule has 0 aliphatic carbocycles. The van der Waals surface area contributed by atoms with E-state index in [9.17, 15) is 4.79 Å². The first-order valence-electron chi connectivity index (χ1n) is 5.54. The Bertz CT molecular complexity index is 437. The van der Waals surface area contributed by atoms with Crippen molar-refractivity contribution in [2.75, 3.05) is 18.9 Å². The lowest BCUT2D eigenvalue weighted by Gasteiger charge is -2.26. The van der Waals surface area contributed by atoms with Gasteiger partial charge in [0.05, 0.1) is 5.70 Å². The molecule has 2 rings (SSSR count). The first-order chi connectivity index (χ1) is 7.74. The number of rotatable bonds is 2. The van der Waals surface area contributed by atoms with Crippen LogP contribution in [0.25, 0.3) is 5.70 Å². The van der Waals surface area contributed by atoms with Crippen LogP contribution in [0.2, 0.25) is 0 Å². The fourth-order valence-electron chi connectivity index (χ4n) is 1.92. The molecule has 0 aromatic heterocycles. The summed E-state index contributed by atoms with van der Waals surface area (Å²) in [5.41, 5.74) is 3.19. The third-order valence-electron chi connectivity index (χ3n) is 2.83. The molecule has 0 spiro atoms. The fraction of sp³-hybridized carbons (Fsp3) is 0.308. The van der Waals surface area contributed by atoms with E-state index in [4.69, 9.17) is 0 Å². The van der Waals surface area contributed by atoms with Gasteiger partial charge in [0.1, 0.15) is 0 Å². The van der Waals surface area contributed by atoms with Gasteiger partial charge in [-0.15, -0.1) is 0 Å². The Kier molecular flexibility index (Phi) is 2.95. The van der Waals surface area contributed by atoms with E-state index in [1.807, 2.05) is 38.2 Å². The van der Waals surface area contributed by atoms with Crippen LogP contribution in [-0.4, -0.2) is 24.4 Å². The maximum atomic E-state index is 11.7. The molecule has 0 atom stereocenters. The molecule has 0 unspecified atom stereocenters. The van der Waals surface area contributed by atoms with Crippen molar-refractivity contribution in [2.45, 2.75) is 13.3 Å². The maximum absolute atomic E-state index is 11.7. The van der Waals surface area contributed by atoms with E-state index in [1.54, 1.807) is 4.90 Å². The SMILES string of the molecule is CCC(=O)N(C)C1=CCNc2ccccc21. The van der Waals surface area contributed by atoms with Gasteiger partial charge in [0.25, 0.3) is 0 Å². The number of fused-ring (bicyclic) bond motifs is 1. The zero-order chi connectivity index (χ0) is 11.5. The first kappa shape index (κ1) is 10.7. The van der Waals surface area contributed by atoms with E-state index in [2.05, 4.69) is 11.4 Å². The molecule has 0 saturated heterocycles. The van der Waals surface area contributed by atoms with Crippen molar-refractivity contribution in [3.63, 3.8) is 0 Å². The van der Waals surface area contributed by atoms with Gasteiger partial charge in [-0.1, -0.05) is 25.1 Å². The fourth-order valence-corrected chi connectivity index (χ4v) is 1.92. The zero-order valence-electron chi connectivity index (χ0n) is 9.66. The van der Waals surface area contributed by atoms with E-state index in [-0.39, 0.29) is 5.91 Å². The molecule has 0 bridgehead atoms. The third kappa shape index (κ3) is 1.81. The van der Waals surface area contributed by atoms with Crippen molar-refractivity contribution in [2.24, 2.45) is 0 Å². The van der Waals surface area contributed by atoms with Crippen molar-refractivity contribution in [3.05, 3.63) is 35.9 Å². The van der Waals surface area contributed by atoms with Gasteiger partial charge in [0.2, 0.25) is 5.91 Å². The topological polar surface area (TPSA) is 32.3 Å². The maximum Gasteiger partial charge on any atom is 0.226 e. The number of hydrogen-bond donors (Lipinski definition) is 1. The van der Waals surface area contributed by atoms with E-state index < -0.39 is 0 Å². The Morgan fingerprint density at radius 2 is 2.19 bits per heavy atom. The quantitative estimate of drug-likeness (QED) is 0.822. The molecule has 1 N–H and O–H groups in total. The van der Waals surface area contributed by atoms with Crippen LogP contribution >= 0.6 is 0 Å². The summed E-state index contributed by atoms with van der Waals surface area (Å²) >= 11 is 0. The molecule has 3 heteroatoms. The third-order valence-corrected chi connectivity index (χ3v) is 2.83. The minimum absolute atomic E-state index is 0.142. The molecule has 1 aromatic carbocycles. The molecule has 84 valence electrons. The van der Waals surface area contributed by atoms with Gasteiger partial charge in [0.15, 0.2) is 0 Å². The smallest absolute Gasteiger partial charge is 0.226 e. The number of nitrogens with zero attached hydrogens (tertiary/aromatic N) is 1. The highest BCUT2D eigenvalue weighted by Crippen LogP contribution is 2.29. The van der Waals surface area contributed by atoms with Crippen molar-refractivity contribution in [1.29, 1.82) is 0 Å². The molecule has 1 heterocycles. The molecule has 16 heavy (non-hydrogen) atoms. The second-order valence-corrected chi connectivity index (χ2v) is 3.82. The number of hydrogen-bond acceptors (Lipinski definition) is 2. The highest BCUT2D eigenvalue weighted by Gasteiger charge is 2.18. The van der Waals surface area contributed by atoms with Crippen LogP contribution < -0.4 is 5.32 Å². The van der Waals surface area contributed by atoms with Crippen LogP contribution in [0.4, 0.5) is 5.69 Å². The zero-order valence-corrected chi connectivity index (χ0v) is 9.66. The van der Waals surface area contributed by atoms with Gasteiger partial charge in [0, 0.05) is 31.3 Å². The Morgan fingerprint density at radius 1 is 1.44 bits per heavy atom. The van der Waals surface area contributed by atoms with Crippen molar-refractivity contribution >= 4 is 17.3 Å². The summed E-state index contributed by atoms with van der Waals surface area (Å²) in [6, 6.07) is 8.06. The lowest BCUT2D eigenvalue weighted by Crippen LogP contribution is -2.26. The van der Waals surface area contributed by atoms with Crippen LogP contribution in [0.3, 0.4) is 0 Å². The molecule has 3 nitrogen and oxygen atoms in total. The van der Waals surface area contributed by atoms with Gasteiger partial charge >= 0.3 is 0 Å². The molecule has 1 aromatic rings. The van der Waals surface area contributed by atoms with Gasteiger partial charge in [-0.3, -0.25) is 4.79 Å². The standard InChI is InChI=1S/C13H16N2O/c1-3-13(16)15(2)12-8-9-14-11-7-5-4-6-10(11)12/h4-8,14H,3,9H2,1-2H3. The molecule has 0 saturated carbocycles. The molecule has 0 fully saturated rings. The summed E-state index contributed by atoms with van der Waals surface area (Å²) in [5, 5.41) is 3.29. The average molecular weight is 216 g/mol. The van der Waals surface area contributed by atoms with Crippen molar-refractivity contribution in [3.8, 4) is 0 Å². The van der Waals surface area contributed by atoms with Crippen LogP contribution in [-0.2, 0) is 4.79 Å². The number of nitrogens with one attached hydrogen (secondary N) is 1. The monoisotopic (exact) mass is 216 g/mol. The minimum atomic E-state index is 0.142. The highest BCUT2D eigenvalue weighted by atomic mass is 16.2. The van der Waals surface area contributed by atoms with E-state index in [0.717, 1.165) is 23.5 Å². The average Bonchev–Trinajstić information content (AvgIpc) is 2.36. The van der Waals surface area contributed by atoms with E-state index >= 15 is 0 Å². The van der Waals surface area contributed by atoms with E-state index in [0.29, 0.717) is 6.42 Å². The summed E-state index contributed by atoms with van der Waals surface area (Å²) < 4.78 is 0. The first-order valence-corrected chi connectivity index (χ1v) is 5.54. The number of anilines is 1. The Balaban J connectivity index is 2.36. The Hall–Kier alpha value is -1.77. The Morgan fingerprint density at radius 3 is 2.94 bits per heavy atom. The molecular weight excluding hydrogens is 200 g/mol. The summed E-state index contributed by atoms with van der Waals surface area (Å²) in [6.07, 6.45) is 2.58. The van der Waals surface area contributed by atoms with Gasteiger partial charge < -0.3 is 10.2 Å². The Labute approximate surface area is 95.8 Å². The largest absolute Gasteiger partial charge is 0.381 e. The number of para-hydroxylation sites is 1. The second kappa shape index (κ2) is 4.39. The molecule has 1 aliphatic heterocycles. The molecular formula is C13H16N2O. The molecule has 1 amide bonds. The summed E-state index contributed by atoms with van der Waals surface area (Å²) in [4.78, 5) is 13.4. The minimum Gasteiger partial charge on any atom is -0.381 e. The predicted octanol–water partition coefficient (Wildman–Crippen LogP) is 2.32. The number of amides is 1. The van der Waals surface area contributed by atoms with Gasteiger partial charge in [-0.05, 0) is 12.1 Å². The number of carbonyl (C=O) groups excluding carboxylic acids is 1. The number of carbonyl (C=O) groups is 1. The van der Waals surface area contributed by atoms with Crippen molar-refractivity contribution in [1.82, 2.24) is 4.90 Å². The van der Waals surface area contributed by atoms with Crippen LogP contribution in [0.15, 0.2) is 30.3 Å². The van der Waals surface area contributed by atoms with Crippen LogP contribution in [0.5, 0.6) is 0 Å². The van der Waals surface area contributed by atoms with E-state index in [1.165, 1.54) is 0 Å². The van der Waals surface area contributed by atoms with Crippen LogP contribution in [0.1, 0.15) is 18.9 Å². The van der Waals surface area contributed by atoms with Gasteiger partial charge in [-0.25, -0.2) is 0 Å².